The van der Waals surface area contributed by atoms with E-state index in [-0.39, 0.29) is 0 Å². The first-order chi connectivity index (χ1) is 27.7. The molecule has 0 amide bonds. The lowest BCUT2D eigenvalue weighted by atomic mass is 10.0. The number of nitrogens with one attached hydrogen (secondary N) is 4. The molecule has 4 aromatic heterocycles. The molecule has 56 heavy (non-hydrogen) atoms. The maximum absolute atomic E-state index is 5.42. The molecule has 8 bridgehead atoms. The average Bonchev–Trinajstić information content (AvgIpc) is 3.95. The third kappa shape index (κ3) is 4.30. The molecule has 0 fully saturated rings. The first kappa shape index (κ1) is 29.7. The summed E-state index contributed by atoms with van der Waals surface area (Å²) in [7, 11) is 0. The molecule has 4 N–H and O–H groups in total. The van der Waals surface area contributed by atoms with E-state index in [1.807, 2.05) is 0 Å². The normalized spacial score (nSPS) is 12.9. The smallest absolute Gasteiger partial charge is 0.142 e. The molecule has 0 aliphatic carbocycles. The maximum atomic E-state index is 5.42. The van der Waals surface area contributed by atoms with Crippen molar-refractivity contribution in [2.75, 3.05) is 0 Å². The fourth-order valence-corrected chi connectivity index (χ4v) is 8.84. The van der Waals surface area contributed by atoms with Crippen molar-refractivity contribution in [1.29, 1.82) is 0 Å². The Hall–Kier alpha value is -7.77. The number of hydrogen-bond donors (Lipinski definition) is 4. The molecule has 12 aromatic rings. The minimum atomic E-state index is 0.728. The Bertz CT molecular complexity index is 3440. The molecule has 0 radical (unpaired) electrons. The second kappa shape index (κ2) is 10.9. The number of nitrogens with zero attached hydrogens (tertiary/aromatic N) is 3. The quantitative estimate of drug-likeness (QED) is 0.120. The van der Waals surface area contributed by atoms with Gasteiger partial charge in [0.15, 0.2) is 0 Å². The van der Waals surface area contributed by atoms with Gasteiger partial charge in [-0.1, -0.05) is 97.1 Å². The van der Waals surface area contributed by atoms with Crippen molar-refractivity contribution in [1.82, 2.24) is 19.9 Å². The van der Waals surface area contributed by atoms with Crippen LogP contribution in [-0.4, -0.2) is 19.9 Å². The van der Waals surface area contributed by atoms with E-state index in [4.69, 9.17) is 15.0 Å². The van der Waals surface area contributed by atoms with Gasteiger partial charge in [0.25, 0.3) is 0 Å². The summed E-state index contributed by atoms with van der Waals surface area (Å²) in [4.78, 5) is 31.1. The summed E-state index contributed by atoms with van der Waals surface area (Å²) in [6.45, 7) is 0. The van der Waals surface area contributed by atoms with E-state index >= 15 is 0 Å². The zero-order valence-corrected chi connectivity index (χ0v) is 29.8. The number of hydrogen-bond acceptors (Lipinski definition) is 3. The van der Waals surface area contributed by atoms with E-state index in [9.17, 15) is 0 Å². The van der Waals surface area contributed by atoms with Gasteiger partial charge in [-0.2, -0.15) is 0 Å². The van der Waals surface area contributed by atoms with Crippen LogP contribution in [0.5, 0.6) is 0 Å². The van der Waals surface area contributed by atoms with Gasteiger partial charge in [0, 0.05) is 54.1 Å². The van der Waals surface area contributed by atoms with E-state index in [0.29, 0.717) is 0 Å². The van der Waals surface area contributed by atoms with Gasteiger partial charge >= 0.3 is 0 Å². The zero-order chi connectivity index (χ0) is 36.5. The molecule has 13 rings (SSSR count). The second-order valence-corrected chi connectivity index (χ2v) is 14.9. The summed E-state index contributed by atoms with van der Waals surface area (Å²) in [5.41, 5.74) is 3.21. The lowest BCUT2D eigenvalue weighted by Gasteiger charge is -2.00. The Labute approximate surface area is 316 Å². The van der Waals surface area contributed by atoms with E-state index < -0.39 is 0 Å². The molecule has 7 nitrogen and oxygen atoms in total. The van der Waals surface area contributed by atoms with Gasteiger partial charge in [-0.15, -0.1) is 0 Å². The Morgan fingerprint density at radius 2 is 0.607 bits per heavy atom. The summed E-state index contributed by atoms with van der Waals surface area (Å²) in [5, 5.41) is 18.4. The van der Waals surface area contributed by atoms with Crippen molar-refractivity contribution in [3.8, 4) is 0 Å². The molecule has 0 atom stereocenters. The van der Waals surface area contributed by atoms with Crippen molar-refractivity contribution < 1.29 is 0 Å². The van der Waals surface area contributed by atoms with Crippen LogP contribution < -0.4 is 21.8 Å². The predicted octanol–water partition coefficient (Wildman–Crippen LogP) is 10.2. The molecule has 0 unspecified atom stereocenters. The molecule has 0 saturated carbocycles. The molecule has 7 heteroatoms. The number of aromatic amines is 4. The van der Waals surface area contributed by atoms with Crippen molar-refractivity contribution in [3.05, 3.63) is 173 Å². The molecule has 0 spiro atoms. The van der Waals surface area contributed by atoms with Gasteiger partial charge in [-0.25, -0.2) is 15.0 Å². The lowest BCUT2D eigenvalue weighted by molar-refractivity contribution is 1.10. The standard InChI is InChI=1S/C49H29N7/c1-3-11-28-19-36-34(17-26(28)9-1)42-25-43-35-18-27-10-2-4-12-29(27)20-37(35)45(51-43)53-47-39-22-31-14-6-8-16-33(31)24-41(39)49(55-47)56-48-40-23-32-15-7-5-13-30(32)21-38(40)46(54-48)52-44(36)50-42/h1-25H,(H4,50,51,52,53,54,55,56). The van der Waals surface area contributed by atoms with Crippen LogP contribution in [0.2, 0.25) is 0 Å². The van der Waals surface area contributed by atoms with E-state index in [0.717, 1.165) is 120 Å². The van der Waals surface area contributed by atoms with Crippen LogP contribution in [0.4, 0.5) is 17.5 Å². The Balaban J connectivity index is 1.24. The number of aromatic nitrogens is 4. The van der Waals surface area contributed by atoms with E-state index in [1.165, 1.54) is 10.8 Å². The molecule has 5 heterocycles. The minimum Gasteiger partial charge on any atom is -0.339 e. The monoisotopic (exact) mass is 715 g/mol. The summed E-state index contributed by atoms with van der Waals surface area (Å²) in [6.07, 6.45) is 2.21. The molecular formula is C49H29N7. The predicted molar refractivity (Wildman–Crippen MR) is 229 cm³/mol. The van der Waals surface area contributed by atoms with Crippen LogP contribution in [0.3, 0.4) is 0 Å². The van der Waals surface area contributed by atoms with E-state index in [1.54, 1.807) is 0 Å². The highest BCUT2D eigenvalue weighted by Crippen LogP contribution is 2.37. The van der Waals surface area contributed by atoms with Gasteiger partial charge in [0.05, 0.1) is 0 Å². The van der Waals surface area contributed by atoms with Crippen LogP contribution in [-0.2, 0) is 0 Å². The number of rotatable bonds is 0. The van der Waals surface area contributed by atoms with Crippen LogP contribution in [0.15, 0.2) is 161 Å². The number of fused-ring (bicyclic) bond motifs is 24. The molecular weight excluding hydrogens is 687 g/mol. The summed E-state index contributed by atoms with van der Waals surface area (Å²) in [5.74, 6) is 2.24. The van der Waals surface area contributed by atoms with Gasteiger partial charge in [0.1, 0.15) is 33.9 Å². The van der Waals surface area contributed by atoms with Crippen molar-refractivity contribution in [2.45, 2.75) is 0 Å². The largest absolute Gasteiger partial charge is 0.339 e. The third-order valence-electron chi connectivity index (χ3n) is 11.6. The van der Waals surface area contributed by atoms with Crippen LogP contribution in [0.1, 0.15) is 5.69 Å². The van der Waals surface area contributed by atoms with Gasteiger partial charge in [-0.3, -0.25) is 0 Å². The van der Waals surface area contributed by atoms with Gasteiger partial charge < -0.3 is 19.9 Å². The Morgan fingerprint density at radius 1 is 0.286 bits per heavy atom. The molecule has 0 saturated heterocycles. The fourth-order valence-electron chi connectivity index (χ4n) is 8.84. The SMILES string of the molecule is C1=c2[nH]c(c3cc4ccccc4cc23)=Nc2[nH]c(c3cc4ccccc4cc23)N=c2[nH]c(c3cc4ccccc4cc23)=Nc2[nH]c1c1cc3ccccc3cc21. The van der Waals surface area contributed by atoms with Gasteiger partial charge in [0.2, 0.25) is 0 Å². The summed E-state index contributed by atoms with van der Waals surface area (Å²) < 4.78 is 0. The highest BCUT2D eigenvalue weighted by atomic mass is 15.0. The molecule has 1 aliphatic heterocycles. The highest BCUT2D eigenvalue weighted by molar-refractivity contribution is 6.09. The van der Waals surface area contributed by atoms with Gasteiger partial charge in [-0.05, 0) is 97.7 Å². The fraction of sp³-hybridized carbons (Fsp3) is 0. The summed E-state index contributed by atoms with van der Waals surface area (Å²) >= 11 is 0. The number of benzene rings is 8. The first-order valence-corrected chi connectivity index (χ1v) is 18.8. The first-order valence-electron chi connectivity index (χ1n) is 18.8. The van der Waals surface area contributed by atoms with Crippen molar-refractivity contribution in [2.24, 2.45) is 15.0 Å². The number of H-pyrrole nitrogens is 4. The summed E-state index contributed by atoms with van der Waals surface area (Å²) in [6, 6.07) is 51.8. The topological polar surface area (TPSA) is 100 Å². The van der Waals surface area contributed by atoms with Crippen molar-refractivity contribution >= 4 is 110 Å². The van der Waals surface area contributed by atoms with Crippen LogP contribution >= 0.6 is 0 Å². The highest BCUT2D eigenvalue weighted by Gasteiger charge is 2.17. The molecule has 8 aromatic carbocycles. The van der Waals surface area contributed by atoms with Crippen LogP contribution in [0.25, 0.3) is 92.3 Å². The average molecular weight is 716 g/mol. The van der Waals surface area contributed by atoms with Crippen LogP contribution in [0, 0.1) is 0 Å². The van der Waals surface area contributed by atoms with Crippen molar-refractivity contribution in [3.63, 3.8) is 0 Å². The maximum Gasteiger partial charge on any atom is 0.142 e. The molecule has 260 valence electrons. The second-order valence-electron chi connectivity index (χ2n) is 14.9. The Kier molecular flexibility index (Phi) is 5.77. The zero-order valence-electron chi connectivity index (χ0n) is 29.8. The minimum absolute atomic E-state index is 0.728. The Morgan fingerprint density at radius 3 is 1.05 bits per heavy atom. The molecule has 1 aliphatic rings. The van der Waals surface area contributed by atoms with E-state index in [2.05, 4.69) is 172 Å². The third-order valence-corrected chi connectivity index (χ3v) is 11.6. The lowest BCUT2D eigenvalue weighted by Crippen LogP contribution is -2.10.